The van der Waals surface area contributed by atoms with E-state index in [9.17, 15) is 14.7 Å². The molecular formula is C17H17ClN2O4. The number of rotatable bonds is 5. The zero-order chi connectivity index (χ0) is 17.5. The normalized spacial score (nSPS) is 11.5. The van der Waals surface area contributed by atoms with Crippen molar-refractivity contribution in [3.05, 3.63) is 64.7 Å². The van der Waals surface area contributed by atoms with Crippen LogP contribution in [0.5, 0.6) is 0 Å². The fraction of sp³-hybridized carbons (Fsp3) is 0.176. The number of amides is 2. The first-order valence-corrected chi connectivity index (χ1v) is 7.54. The molecule has 0 unspecified atom stereocenters. The molecule has 2 amide bonds. The van der Waals surface area contributed by atoms with Crippen LogP contribution in [-0.4, -0.2) is 30.8 Å². The van der Waals surface area contributed by atoms with Gasteiger partial charge in [0.1, 0.15) is 0 Å². The Morgan fingerprint density at radius 1 is 1.21 bits per heavy atom. The van der Waals surface area contributed by atoms with Crippen LogP contribution in [0.25, 0.3) is 0 Å². The van der Waals surface area contributed by atoms with E-state index < -0.39 is 18.0 Å². The van der Waals surface area contributed by atoms with Crippen molar-refractivity contribution in [2.24, 2.45) is 0 Å². The summed E-state index contributed by atoms with van der Waals surface area (Å²) in [4.78, 5) is 23.7. The zero-order valence-corrected chi connectivity index (χ0v) is 13.7. The highest BCUT2D eigenvalue weighted by molar-refractivity contribution is 6.33. The molecule has 0 spiro atoms. The topological polar surface area (TPSA) is 87.7 Å². The van der Waals surface area contributed by atoms with E-state index in [-0.39, 0.29) is 17.2 Å². The largest absolute Gasteiger partial charge is 0.465 e. The number of benzene rings is 2. The number of hydrogen-bond donors (Lipinski definition) is 3. The highest BCUT2D eigenvalue weighted by Crippen LogP contribution is 2.21. The highest BCUT2D eigenvalue weighted by atomic mass is 35.5. The molecule has 0 bridgehead atoms. The summed E-state index contributed by atoms with van der Waals surface area (Å²) < 4.78 is 4.63. The quantitative estimate of drug-likeness (QED) is 0.725. The molecule has 0 radical (unpaired) electrons. The van der Waals surface area contributed by atoms with E-state index >= 15 is 0 Å². The Bertz CT molecular complexity index is 722. The molecule has 2 aromatic rings. The molecule has 0 aliphatic rings. The highest BCUT2D eigenvalue weighted by Gasteiger charge is 2.15. The number of aliphatic hydroxyl groups is 1. The van der Waals surface area contributed by atoms with Crippen molar-refractivity contribution in [2.45, 2.75) is 6.04 Å². The van der Waals surface area contributed by atoms with Gasteiger partial charge in [0, 0.05) is 5.69 Å². The molecule has 0 heterocycles. The zero-order valence-electron chi connectivity index (χ0n) is 13.0. The van der Waals surface area contributed by atoms with Gasteiger partial charge in [-0.1, -0.05) is 41.9 Å². The standard InChI is InChI=1S/C17H17ClN2O4/c1-24-16(22)13-9-12(7-8-14(13)18)19-17(23)20-15(10-21)11-5-3-2-4-6-11/h2-9,15,21H,10H2,1H3,(H2,19,20,23)/t15-/m0/s1. The van der Waals surface area contributed by atoms with Crippen LogP contribution in [0.1, 0.15) is 22.0 Å². The molecule has 0 aliphatic carbocycles. The molecule has 126 valence electrons. The van der Waals surface area contributed by atoms with Gasteiger partial charge >= 0.3 is 12.0 Å². The lowest BCUT2D eigenvalue weighted by atomic mass is 10.1. The first-order valence-electron chi connectivity index (χ1n) is 7.16. The van der Waals surface area contributed by atoms with Gasteiger partial charge in [0.25, 0.3) is 0 Å². The molecule has 6 nitrogen and oxygen atoms in total. The number of esters is 1. The second kappa shape index (κ2) is 8.33. The third-order valence-electron chi connectivity index (χ3n) is 3.32. The van der Waals surface area contributed by atoms with E-state index in [1.165, 1.54) is 19.2 Å². The van der Waals surface area contributed by atoms with E-state index in [2.05, 4.69) is 15.4 Å². The minimum atomic E-state index is -0.596. The summed E-state index contributed by atoms with van der Waals surface area (Å²) in [6.45, 7) is -0.245. The van der Waals surface area contributed by atoms with Gasteiger partial charge in [0.15, 0.2) is 0 Å². The number of ether oxygens (including phenoxy) is 1. The number of urea groups is 1. The molecule has 0 fully saturated rings. The Morgan fingerprint density at radius 2 is 1.92 bits per heavy atom. The summed E-state index contributed by atoms with van der Waals surface area (Å²) in [6, 6.07) is 12.5. The lowest BCUT2D eigenvalue weighted by Crippen LogP contribution is -2.34. The van der Waals surface area contributed by atoms with Gasteiger partial charge in [-0.2, -0.15) is 0 Å². The number of methoxy groups -OCH3 is 1. The van der Waals surface area contributed by atoms with Gasteiger partial charge in [-0.05, 0) is 23.8 Å². The number of carbonyl (C=O) groups excluding carboxylic acids is 2. The molecule has 0 saturated carbocycles. The van der Waals surface area contributed by atoms with Crippen LogP contribution < -0.4 is 10.6 Å². The molecular weight excluding hydrogens is 332 g/mol. The van der Waals surface area contributed by atoms with Crippen molar-refractivity contribution >= 4 is 29.3 Å². The average molecular weight is 349 g/mol. The number of aliphatic hydroxyl groups excluding tert-OH is 1. The molecule has 0 saturated heterocycles. The number of nitrogens with one attached hydrogen (secondary N) is 2. The molecule has 1 atom stereocenters. The monoisotopic (exact) mass is 348 g/mol. The van der Waals surface area contributed by atoms with Crippen LogP contribution in [0, 0.1) is 0 Å². The Labute approximate surface area is 144 Å². The van der Waals surface area contributed by atoms with Crippen LogP contribution in [0.3, 0.4) is 0 Å². The Balaban J connectivity index is 2.08. The Kier molecular flexibility index (Phi) is 6.17. The fourth-order valence-electron chi connectivity index (χ4n) is 2.11. The van der Waals surface area contributed by atoms with Crippen LogP contribution in [-0.2, 0) is 4.74 Å². The smallest absolute Gasteiger partial charge is 0.339 e. The summed E-state index contributed by atoms with van der Waals surface area (Å²) >= 11 is 5.93. The summed E-state index contributed by atoms with van der Waals surface area (Å²) in [5.74, 6) is -0.596. The molecule has 3 N–H and O–H groups in total. The average Bonchev–Trinajstić information content (AvgIpc) is 2.61. The summed E-state index contributed by atoms with van der Waals surface area (Å²) in [5.41, 5.74) is 1.31. The second-order valence-corrected chi connectivity index (χ2v) is 5.34. The lowest BCUT2D eigenvalue weighted by molar-refractivity contribution is 0.0601. The van der Waals surface area contributed by atoms with E-state index in [1.54, 1.807) is 18.2 Å². The minimum absolute atomic E-state index is 0.152. The SMILES string of the molecule is COC(=O)c1cc(NC(=O)N[C@@H](CO)c2ccccc2)ccc1Cl. The molecule has 7 heteroatoms. The molecule has 0 aromatic heterocycles. The maximum Gasteiger partial charge on any atom is 0.339 e. The maximum atomic E-state index is 12.1. The van der Waals surface area contributed by atoms with Crippen LogP contribution in [0.4, 0.5) is 10.5 Å². The molecule has 2 aromatic carbocycles. The van der Waals surface area contributed by atoms with Gasteiger partial charge in [-0.25, -0.2) is 9.59 Å². The van der Waals surface area contributed by atoms with Crippen molar-refractivity contribution in [1.29, 1.82) is 0 Å². The van der Waals surface area contributed by atoms with Crippen LogP contribution in [0.2, 0.25) is 5.02 Å². The van der Waals surface area contributed by atoms with Gasteiger partial charge < -0.3 is 20.5 Å². The van der Waals surface area contributed by atoms with Crippen molar-refractivity contribution in [1.82, 2.24) is 5.32 Å². The predicted octanol–water partition coefficient (Wildman–Crippen LogP) is 2.98. The maximum absolute atomic E-state index is 12.1. The van der Waals surface area contributed by atoms with Crippen molar-refractivity contribution in [2.75, 3.05) is 19.0 Å². The first kappa shape index (κ1) is 17.8. The van der Waals surface area contributed by atoms with Crippen molar-refractivity contribution < 1.29 is 19.4 Å². The Morgan fingerprint density at radius 3 is 2.54 bits per heavy atom. The third kappa shape index (κ3) is 4.47. The van der Waals surface area contributed by atoms with Crippen molar-refractivity contribution in [3.8, 4) is 0 Å². The van der Waals surface area contributed by atoms with Gasteiger partial charge in [0.2, 0.25) is 0 Å². The second-order valence-electron chi connectivity index (χ2n) is 4.93. The van der Waals surface area contributed by atoms with Gasteiger partial charge in [-0.15, -0.1) is 0 Å². The lowest BCUT2D eigenvalue weighted by Gasteiger charge is -2.17. The third-order valence-corrected chi connectivity index (χ3v) is 3.65. The molecule has 0 aliphatic heterocycles. The van der Waals surface area contributed by atoms with Gasteiger partial charge in [0.05, 0.1) is 30.3 Å². The van der Waals surface area contributed by atoms with Crippen molar-refractivity contribution in [3.63, 3.8) is 0 Å². The van der Waals surface area contributed by atoms with E-state index in [0.29, 0.717) is 5.69 Å². The van der Waals surface area contributed by atoms with Gasteiger partial charge in [-0.3, -0.25) is 0 Å². The summed E-state index contributed by atoms with van der Waals surface area (Å²) in [6.07, 6.45) is 0. The number of carbonyl (C=O) groups is 2. The molecule has 24 heavy (non-hydrogen) atoms. The Hall–Kier alpha value is -2.57. The number of anilines is 1. The minimum Gasteiger partial charge on any atom is -0.465 e. The molecule has 2 rings (SSSR count). The van der Waals surface area contributed by atoms with Crippen LogP contribution in [0.15, 0.2) is 48.5 Å². The number of halogens is 1. The van der Waals surface area contributed by atoms with E-state index in [0.717, 1.165) is 5.56 Å². The fourth-order valence-corrected chi connectivity index (χ4v) is 2.31. The first-order chi connectivity index (χ1) is 11.5. The number of hydrogen-bond acceptors (Lipinski definition) is 4. The predicted molar refractivity (Wildman–Crippen MR) is 91.2 cm³/mol. The van der Waals surface area contributed by atoms with E-state index in [1.807, 2.05) is 18.2 Å². The van der Waals surface area contributed by atoms with E-state index in [4.69, 9.17) is 11.6 Å². The van der Waals surface area contributed by atoms with Crippen LogP contribution >= 0.6 is 11.6 Å². The summed E-state index contributed by atoms with van der Waals surface area (Å²) in [5, 5.41) is 14.9. The summed E-state index contributed by atoms with van der Waals surface area (Å²) in [7, 11) is 1.25.